The molecule has 2 N–H and O–H groups in total. The van der Waals surface area contributed by atoms with E-state index in [-0.39, 0.29) is 17.3 Å². The summed E-state index contributed by atoms with van der Waals surface area (Å²) in [4.78, 5) is 25.3. The van der Waals surface area contributed by atoms with Crippen molar-refractivity contribution in [3.63, 3.8) is 0 Å². The normalized spacial score (nSPS) is 19.9. The summed E-state index contributed by atoms with van der Waals surface area (Å²) in [6.45, 7) is 10.6. The second-order valence-electron chi connectivity index (χ2n) is 6.26. The Morgan fingerprint density at radius 3 is 2.25 bits per heavy atom. The lowest BCUT2D eigenvalue weighted by Gasteiger charge is -2.32. The number of hydrogen-bond acceptors (Lipinski definition) is 4. The predicted octanol–water partition coefficient (Wildman–Crippen LogP) is 1.94. The Kier molecular flexibility index (Phi) is 7.79. The predicted molar refractivity (Wildman–Crippen MR) is 80.1 cm³/mol. The van der Waals surface area contributed by atoms with Crippen LogP contribution in [0, 0.1) is 5.41 Å². The van der Waals surface area contributed by atoms with Crippen molar-refractivity contribution in [3.05, 3.63) is 0 Å². The largest absolute Gasteiger partial charge is 0.467 e. The lowest BCUT2D eigenvalue weighted by molar-refractivity contribution is -0.152. The number of methoxy groups -OCH3 is 1. The van der Waals surface area contributed by atoms with Crippen molar-refractivity contribution in [2.24, 2.45) is 11.1 Å². The lowest BCUT2D eigenvalue weighted by atomic mass is 9.86. The molecule has 1 rings (SSSR count). The van der Waals surface area contributed by atoms with Crippen LogP contribution < -0.4 is 5.73 Å². The Labute approximate surface area is 122 Å². The molecule has 2 atom stereocenters. The topological polar surface area (TPSA) is 72.6 Å². The maximum absolute atomic E-state index is 12.2. The molecule has 1 amide bonds. The smallest absolute Gasteiger partial charge is 0.328 e. The minimum atomic E-state index is -0.590. The number of rotatable bonds is 2. The summed E-state index contributed by atoms with van der Waals surface area (Å²) in [5.74, 6) is -0.512. The van der Waals surface area contributed by atoms with Crippen LogP contribution in [0.2, 0.25) is 0 Å². The van der Waals surface area contributed by atoms with Crippen LogP contribution in [0.15, 0.2) is 0 Å². The summed E-state index contributed by atoms with van der Waals surface area (Å²) in [5.41, 5.74) is 5.63. The summed E-state index contributed by atoms with van der Waals surface area (Å²) < 4.78 is 4.71. The van der Waals surface area contributed by atoms with Gasteiger partial charge in [0, 0.05) is 6.54 Å². The van der Waals surface area contributed by atoms with Gasteiger partial charge in [0.2, 0.25) is 5.91 Å². The van der Waals surface area contributed by atoms with Gasteiger partial charge in [-0.1, -0.05) is 41.0 Å². The molecule has 1 aliphatic heterocycles. The summed E-state index contributed by atoms with van der Waals surface area (Å²) >= 11 is 0. The fraction of sp³-hybridized carbons (Fsp3) is 0.867. The third-order valence-electron chi connectivity index (χ3n) is 3.21. The van der Waals surface area contributed by atoms with E-state index in [0.29, 0.717) is 13.0 Å². The highest BCUT2D eigenvalue weighted by Gasteiger charge is 2.39. The third-order valence-corrected chi connectivity index (χ3v) is 3.21. The monoisotopic (exact) mass is 286 g/mol. The van der Waals surface area contributed by atoms with E-state index in [4.69, 9.17) is 10.5 Å². The lowest BCUT2D eigenvalue weighted by Crippen LogP contribution is -2.53. The fourth-order valence-electron chi connectivity index (χ4n) is 1.96. The Morgan fingerprint density at radius 1 is 1.35 bits per heavy atom. The van der Waals surface area contributed by atoms with E-state index in [1.807, 2.05) is 20.8 Å². The molecule has 1 saturated heterocycles. The van der Waals surface area contributed by atoms with Crippen LogP contribution in [0.3, 0.4) is 0 Å². The average molecular weight is 286 g/mol. The van der Waals surface area contributed by atoms with E-state index in [1.165, 1.54) is 13.5 Å². The number of ether oxygens (including phenoxy) is 1. The summed E-state index contributed by atoms with van der Waals surface area (Å²) in [6, 6.07) is -1.05. The van der Waals surface area contributed by atoms with Crippen LogP contribution in [-0.4, -0.2) is 42.5 Å². The Bertz CT molecular complexity index is 324. The zero-order valence-corrected chi connectivity index (χ0v) is 13.7. The van der Waals surface area contributed by atoms with Gasteiger partial charge in [-0.3, -0.25) is 4.79 Å². The van der Waals surface area contributed by atoms with Crippen LogP contribution in [0.1, 0.15) is 53.9 Å². The minimum Gasteiger partial charge on any atom is -0.467 e. The van der Waals surface area contributed by atoms with Gasteiger partial charge >= 0.3 is 5.97 Å². The molecule has 0 bridgehead atoms. The molecule has 5 nitrogen and oxygen atoms in total. The van der Waals surface area contributed by atoms with E-state index in [1.54, 1.807) is 4.90 Å². The maximum atomic E-state index is 12.2. The SMILES string of the molecule is CCC.COC(=O)C1CCCN1C(=O)C(N)C(C)(C)C. The number of carbonyl (C=O) groups excluding carboxylic acids is 2. The molecule has 5 heteroatoms. The van der Waals surface area contributed by atoms with Crippen molar-refractivity contribution < 1.29 is 14.3 Å². The Balaban J connectivity index is 0.00000110. The number of carbonyl (C=O) groups is 2. The van der Waals surface area contributed by atoms with Gasteiger partial charge in [-0.15, -0.1) is 0 Å². The maximum Gasteiger partial charge on any atom is 0.328 e. The molecular formula is C15H30N2O3. The number of likely N-dealkylation sites (tertiary alicyclic amines) is 1. The molecule has 0 aliphatic carbocycles. The van der Waals surface area contributed by atoms with E-state index in [2.05, 4.69) is 13.8 Å². The van der Waals surface area contributed by atoms with Crippen molar-refractivity contribution >= 4 is 11.9 Å². The van der Waals surface area contributed by atoms with Gasteiger partial charge < -0.3 is 15.4 Å². The quantitative estimate of drug-likeness (QED) is 0.787. The average Bonchev–Trinajstić information content (AvgIpc) is 2.85. The zero-order chi connectivity index (χ0) is 15.9. The van der Waals surface area contributed by atoms with E-state index >= 15 is 0 Å². The van der Waals surface area contributed by atoms with E-state index in [9.17, 15) is 9.59 Å². The molecule has 0 spiro atoms. The molecule has 1 fully saturated rings. The Morgan fingerprint density at radius 2 is 1.85 bits per heavy atom. The second-order valence-corrected chi connectivity index (χ2v) is 6.26. The molecule has 1 heterocycles. The highest BCUT2D eigenvalue weighted by molar-refractivity contribution is 5.88. The van der Waals surface area contributed by atoms with Gasteiger partial charge in [0.25, 0.3) is 0 Å². The number of amides is 1. The van der Waals surface area contributed by atoms with Gasteiger partial charge in [0.1, 0.15) is 6.04 Å². The van der Waals surface area contributed by atoms with Crippen molar-refractivity contribution in [2.75, 3.05) is 13.7 Å². The van der Waals surface area contributed by atoms with Gasteiger partial charge in [-0.25, -0.2) is 4.79 Å². The molecular weight excluding hydrogens is 256 g/mol. The standard InChI is InChI=1S/C12H22N2O3.C3H8/c1-12(2,3)9(13)10(15)14-7-5-6-8(14)11(16)17-4;1-3-2/h8-9H,5-7,13H2,1-4H3;3H2,1-2H3. The second kappa shape index (κ2) is 8.25. The first-order valence-corrected chi connectivity index (χ1v) is 7.34. The van der Waals surface area contributed by atoms with Gasteiger partial charge in [-0.05, 0) is 18.3 Å². The van der Waals surface area contributed by atoms with Crippen molar-refractivity contribution in [2.45, 2.75) is 66.0 Å². The van der Waals surface area contributed by atoms with Gasteiger partial charge in [-0.2, -0.15) is 0 Å². The number of nitrogens with zero attached hydrogens (tertiary/aromatic N) is 1. The summed E-state index contributed by atoms with van der Waals surface area (Å²) in [6.07, 6.45) is 2.73. The van der Waals surface area contributed by atoms with Crippen LogP contribution >= 0.6 is 0 Å². The molecule has 0 aromatic carbocycles. The molecule has 1 aliphatic rings. The van der Waals surface area contributed by atoms with E-state index < -0.39 is 12.1 Å². The third kappa shape index (κ3) is 5.12. The molecule has 118 valence electrons. The Hall–Kier alpha value is -1.10. The molecule has 20 heavy (non-hydrogen) atoms. The van der Waals surface area contributed by atoms with Gasteiger partial charge in [0.05, 0.1) is 13.2 Å². The highest BCUT2D eigenvalue weighted by Crippen LogP contribution is 2.24. The van der Waals surface area contributed by atoms with Crippen LogP contribution in [0.4, 0.5) is 0 Å². The van der Waals surface area contributed by atoms with Crippen LogP contribution in [0.25, 0.3) is 0 Å². The molecule has 0 saturated carbocycles. The molecule has 0 radical (unpaired) electrons. The van der Waals surface area contributed by atoms with Gasteiger partial charge in [0.15, 0.2) is 0 Å². The number of nitrogens with two attached hydrogens (primary N) is 1. The summed E-state index contributed by atoms with van der Waals surface area (Å²) in [5, 5.41) is 0. The van der Waals surface area contributed by atoms with Crippen molar-refractivity contribution in [1.29, 1.82) is 0 Å². The van der Waals surface area contributed by atoms with Crippen molar-refractivity contribution in [1.82, 2.24) is 4.90 Å². The van der Waals surface area contributed by atoms with Crippen molar-refractivity contribution in [3.8, 4) is 0 Å². The number of hydrogen-bond donors (Lipinski definition) is 1. The number of esters is 1. The molecule has 2 unspecified atom stereocenters. The van der Waals surface area contributed by atoms with E-state index in [0.717, 1.165) is 6.42 Å². The first-order chi connectivity index (χ1) is 9.20. The first-order valence-electron chi connectivity index (χ1n) is 7.34. The molecule has 0 aromatic rings. The van der Waals surface area contributed by atoms with Crippen LogP contribution in [-0.2, 0) is 14.3 Å². The minimum absolute atomic E-state index is 0.162. The molecule has 0 aromatic heterocycles. The zero-order valence-electron chi connectivity index (χ0n) is 13.7. The van der Waals surface area contributed by atoms with Crippen LogP contribution in [0.5, 0.6) is 0 Å². The fourth-order valence-corrected chi connectivity index (χ4v) is 1.96. The highest BCUT2D eigenvalue weighted by atomic mass is 16.5. The first kappa shape index (κ1) is 18.9. The summed E-state index contributed by atoms with van der Waals surface area (Å²) in [7, 11) is 1.34.